The Kier molecular flexibility index (Phi) is 5.11. The summed E-state index contributed by atoms with van der Waals surface area (Å²) in [6.07, 6.45) is 0. The minimum absolute atomic E-state index is 0.281. The van der Waals surface area contributed by atoms with Crippen molar-refractivity contribution >= 4 is 23.2 Å². The van der Waals surface area contributed by atoms with E-state index < -0.39 is 0 Å². The third-order valence-electron chi connectivity index (χ3n) is 2.51. The van der Waals surface area contributed by atoms with Crippen LogP contribution >= 0.6 is 23.2 Å². The highest BCUT2D eigenvalue weighted by Gasteiger charge is 2.07. The van der Waals surface area contributed by atoms with Crippen LogP contribution in [0, 0.1) is 11.3 Å². The highest BCUT2D eigenvalue weighted by atomic mass is 35.5. The summed E-state index contributed by atoms with van der Waals surface area (Å²) in [7, 11) is 0. The molecular formula is C15H11Cl2NO2. The average molecular weight is 308 g/mol. The second-order valence-corrected chi connectivity index (χ2v) is 4.67. The van der Waals surface area contributed by atoms with Crippen molar-refractivity contribution in [1.29, 1.82) is 5.26 Å². The summed E-state index contributed by atoms with van der Waals surface area (Å²) in [6, 6.07) is 14.2. The van der Waals surface area contributed by atoms with Crippen molar-refractivity contribution in [2.75, 3.05) is 13.2 Å². The summed E-state index contributed by atoms with van der Waals surface area (Å²) in [5.74, 6) is 0.969. The number of nitrogens with zero attached hydrogens (tertiary/aromatic N) is 1. The van der Waals surface area contributed by atoms with Gasteiger partial charge in [-0.05, 0) is 24.3 Å². The number of nitriles is 1. The Hall–Kier alpha value is -1.89. The molecule has 0 spiro atoms. The first kappa shape index (κ1) is 14.5. The first-order valence-corrected chi connectivity index (χ1v) is 6.66. The second-order valence-electron chi connectivity index (χ2n) is 3.86. The summed E-state index contributed by atoms with van der Waals surface area (Å²) in [6.45, 7) is 0.573. The molecule has 0 amide bonds. The maximum absolute atomic E-state index is 8.93. The normalized spacial score (nSPS) is 9.85. The van der Waals surface area contributed by atoms with Crippen molar-refractivity contribution in [2.45, 2.75) is 0 Å². The van der Waals surface area contributed by atoms with Crippen LogP contribution in [0.2, 0.25) is 10.0 Å². The summed E-state index contributed by atoms with van der Waals surface area (Å²) in [4.78, 5) is 0. The van der Waals surface area contributed by atoms with Crippen LogP contribution < -0.4 is 9.47 Å². The van der Waals surface area contributed by atoms with E-state index in [1.165, 1.54) is 0 Å². The monoisotopic (exact) mass is 307 g/mol. The minimum atomic E-state index is 0.281. The number of rotatable bonds is 5. The summed E-state index contributed by atoms with van der Waals surface area (Å²) >= 11 is 12.0. The Morgan fingerprint density at radius 3 is 2.25 bits per heavy atom. The van der Waals surface area contributed by atoms with Gasteiger partial charge < -0.3 is 9.47 Å². The molecule has 20 heavy (non-hydrogen) atoms. The Labute approximate surface area is 127 Å². The molecule has 0 aliphatic rings. The van der Waals surface area contributed by atoms with Crippen LogP contribution in [-0.2, 0) is 0 Å². The first-order valence-electron chi connectivity index (χ1n) is 5.91. The molecule has 2 rings (SSSR count). The smallest absolute Gasteiger partial charge is 0.156 e. The summed E-state index contributed by atoms with van der Waals surface area (Å²) < 4.78 is 11.0. The van der Waals surface area contributed by atoms with Gasteiger partial charge in [0.05, 0.1) is 15.6 Å². The van der Waals surface area contributed by atoms with Crippen molar-refractivity contribution in [2.24, 2.45) is 0 Å². The molecule has 0 bridgehead atoms. The van der Waals surface area contributed by atoms with Crippen LogP contribution in [-0.4, -0.2) is 13.2 Å². The molecule has 102 valence electrons. The first-order chi connectivity index (χ1) is 9.72. The molecule has 0 saturated heterocycles. The molecule has 0 N–H and O–H groups in total. The fraction of sp³-hybridized carbons (Fsp3) is 0.133. The highest BCUT2D eigenvalue weighted by Crippen LogP contribution is 2.32. The number of ether oxygens (including phenoxy) is 2. The van der Waals surface area contributed by atoms with E-state index in [0.29, 0.717) is 33.7 Å². The number of hydrogen-bond donors (Lipinski definition) is 0. The minimum Gasteiger partial charge on any atom is -0.489 e. The molecule has 0 heterocycles. The highest BCUT2D eigenvalue weighted by molar-refractivity contribution is 6.37. The number of para-hydroxylation sites is 2. The molecule has 5 heteroatoms. The van der Waals surface area contributed by atoms with Gasteiger partial charge in [0.25, 0.3) is 0 Å². The zero-order chi connectivity index (χ0) is 14.4. The topological polar surface area (TPSA) is 42.2 Å². The second kappa shape index (κ2) is 7.04. The third kappa shape index (κ3) is 3.57. The molecule has 0 saturated carbocycles. The van der Waals surface area contributed by atoms with Gasteiger partial charge in [-0.2, -0.15) is 5.26 Å². The van der Waals surface area contributed by atoms with E-state index >= 15 is 0 Å². The maximum Gasteiger partial charge on any atom is 0.156 e. The quantitative estimate of drug-likeness (QED) is 0.772. The van der Waals surface area contributed by atoms with Gasteiger partial charge in [0.15, 0.2) is 5.75 Å². The summed E-state index contributed by atoms with van der Waals surface area (Å²) in [5.41, 5.74) is 0.489. The lowest BCUT2D eigenvalue weighted by atomic mass is 10.2. The lowest BCUT2D eigenvalue weighted by Gasteiger charge is -2.11. The van der Waals surface area contributed by atoms with Gasteiger partial charge in [0, 0.05) is 0 Å². The molecule has 2 aromatic carbocycles. The molecule has 0 unspecified atom stereocenters. The van der Waals surface area contributed by atoms with Gasteiger partial charge in [0.1, 0.15) is 25.0 Å². The molecule has 0 atom stereocenters. The predicted octanol–water partition coefficient (Wildman–Crippen LogP) is 4.32. The molecule has 0 aliphatic carbocycles. The zero-order valence-electron chi connectivity index (χ0n) is 10.5. The van der Waals surface area contributed by atoms with E-state index in [2.05, 4.69) is 6.07 Å². The van der Waals surface area contributed by atoms with Crippen LogP contribution in [0.15, 0.2) is 42.5 Å². The van der Waals surface area contributed by atoms with E-state index in [-0.39, 0.29) is 6.61 Å². The van der Waals surface area contributed by atoms with E-state index in [1.807, 2.05) is 6.07 Å². The third-order valence-corrected chi connectivity index (χ3v) is 3.11. The number of halogens is 2. The lowest BCUT2D eigenvalue weighted by Crippen LogP contribution is -2.10. The van der Waals surface area contributed by atoms with Gasteiger partial charge in [0.2, 0.25) is 0 Å². The van der Waals surface area contributed by atoms with E-state index in [0.717, 1.165) is 0 Å². The Balaban J connectivity index is 1.90. The van der Waals surface area contributed by atoms with Gasteiger partial charge in [-0.15, -0.1) is 0 Å². The zero-order valence-corrected chi connectivity index (χ0v) is 12.0. The number of benzene rings is 2. The standard InChI is InChI=1S/C15H11Cl2NO2/c16-12-5-3-6-13(17)15(12)20-9-8-19-14-7-2-1-4-11(14)10-18/h1-7H,8-9H2. The molecule has 2 aromatic rings. The predicted molar refractivity (Wildman–Crippen MR) is 78.6 cm³/mol. The van der Waals surface area contributed by atoms with Crippen molar-refractivity contribution < 1.29 is 9.47 Å². The van der Waals surface area contributed by atoms with Crippen LogP contribution in [0.25, 0.3) is 0 Å². The van der Waals surface area contributed by atoms with Crippen molar-refractivity contribution in [3.05, 3.63) is 58.1 Å². The van der Waals surface area contributed by atoms with Crippen molar-refractivity contribution in [3.63, 3.8) is 0 Å². The van der Waals surface area contributed by atoms with Crippen molar-refractivity contribution in [1.82, 2.24) is 0 Å². The lowest BCUT2D eigenvalue weighted by molar-refractivity contribution is 0.217. The van der Waals surface area contributed by atoms with Gasteiger partial charge in [-0.3, -0.25) is 0 Å². The van der Waals surface area contributed by atoms with E-state index in [4.69, 9.17) is 37.9 Å². The Morgan fingerprint density at radius 1 is 0.900 bits per heavy atom. The molecule has 0 aromatic heterocycles. The SMILES string of the molecule is N#Cc1ccccc1OCCOc1c(Cl)cccc1Cl. The van der Waals surface area contributed by atoms with E-state index in [9.17, 15) is 0 Å². The summed E-state index contributed by atoms with van der Waals surface area (Å²) in [5, 5.41) is 9.84. The molecule has 3 nitrogen and oxygen atoms in total. The van der Waals surface area contributed by atoms with Crippen LogP contribution in [0.5, 0.6) is 11.5 Å². The number of hydrogen-bond acceptors (Lipinski definition) is 3. The fourth-order valence-corrected chi connectivity index (χ4v) is 2.11. The molecular weight excluding hydrogens is 297 g/mol. The fourth-order valence-electron chi connectivity index (χ4n) is 1.60. The van der Waals surface area contributed by atoms with Gasteiger partial charge >= 0.3 is 0 Å². The maximum atomic E-state index is 8.93. The molecule has 0 aliphatic heterocycles. The molecule has 0 fully saturated rings. The molecule has 0 radical (unpaired) electrons. The van der Waals surface area contributed by atoms with Crippen LogP contribution in [0.1, 0.15) is 5.56 Å². The van der Waals surface area contributed by atoms with Gasteiger partial charge in [-0.1, -0.05) is 41.4 Å². The largest absolute Gasteiger partial charge is 0.489 e. The average Bonchev–Trinajstić information content (AvgIpc) is 2.46. The Morgan fingerprint density at radius 2 is 1.55 bits per heavy atom. The van der Waals surface area contributed by atoms with Gasteiger partial charge in [-0.25, -0.2) is 0 Å². The van der Waals surface area contributed by atoms with Crippen LogP contribution in [0.3, 0.4) is 0 Å². The Bertz CT molecular complexity index is 618. The van der Waals surface area contributed by atoms with E-state index in [1.54, 1.807) is 36.4 Å². The van der Waals surface area contributed by atoms with Crippen LogP contribution in [0.4, 0.5) is 0 Å². The van der Waals surface area contributed by atoms with Crippen molar-refractivity contribution in [3.8, 4) is 17.6 Å².